The molecule has 1 aromatic heterocycles. The zero-order chi connectivity index (χ0) is 18.4. The standard InChI is InChI=1S/C21H22N2O3/c1-3-13-26-16-8-5-7-15(14-16)21(24)23-18-10-11-19(25-4-2)20-17(18)9-6-12-22-20/h5-12,14H,3-4,13H2,1-2H3,(H,23,24). The van der Waals surface area contributed by atoms with Gasteiger partial charge in [-0.15, -0.1) is 0 Å². The van der Waals surface area contributed by atoms with E-state index in [1.807, 2.05) is 50.2 Å². The molecule has 1 N–H and O–H groups in total. The van der Waals surface area contributed by atoms with Crippen LogP contribution in [0.4, 0.5) is 5.69 Å². The summed E-state index contributed by atoms with van der Waals surface area (Å²) < 4.78 is 11.2. The first-order valence-electron chi connectivity index (χ1n) is 8.77. The normalized spacial score (nSPS) is 10.5. The second-order valence-corrected chi connectivity index (χ2v) is 5.77. The summed E-state index contributed by atoms with van der Waals surface area (Å²) in [5, 5.41) is 3.80. The number of rotatable bonds is 7. The maximum Gasteiger partial charge on any atom is 0.255 e. The van der Waals surface area contributed by atoms with Crippen LogP contribution in [0.2, 0.25) is 0 Å². The molecular weight excluding hydrogens is 328 g/mol. The molecule has 0 unspecified atom stereocenters. The van der Waals surface area contributed by atoms with Crippen molar-refractivity contribution in [1.29, 1.82) is 0 Å². The van der Waals surface area contributed by atoms with Gasteiger partial charge in [0.1, 0.15) is 17.0 Å². The smallest absolute Gasteiger partial charge is 0.255 e. The fourth-order valence-corrected chi connectivity index (χ4v) is 2.67. The molecule has 3 rings (SSSR count). The molecule has 134 valence electrons. The third-order valence-electron chi connectivity index (χ3n) is 3.85. The van der Waals surface area contributed by atoms with Gasteiger partial charge in [-0.2, -0.15) is 0 Å². The van der Waals surface area contributed by atoms with E-state index in [0.29, 0.717) is 36.0 Å². The van der Waals surface area contributed by atoms with Crippen molar-refractivity contribution < 1.29 is 14.3 Å². The van der Waals surface area contributed by atoms with E-state index in [1.54, 1.807) is 18.3 Å². The summed E-state index contributed by atoms with van der Waals surface area (Å²) in [7, 11) is 0. The van der Waals surface area contributed by atoms with Crippen molar-refractivity contribution in [3.05, 3.63) is 60.3 Å². The maximum atomic E-state index is 12.7. The molecule has 0 aliphatic heterocycles. The number of carbonyl (C=O) groups excluding carboxylic acids is 1. The average molecular weight is 350 g/mol. The molecule has 1 amide bonds. The van der Waals surface area contributed by atoms with Gasteiger partial charge in [0.2, 0.25) is 0 Å². The van der Waals surface area contributed by atoms with E-state index in [9.17, 15) is 4.79 Å². The van der Waals surface area contributed by atoms with Crippen LogP contribution in [0, 0.1) is 0 Å². The number of aromatic nitrogens is 1. The first-order valence-corrected chi connectivity index (χ1v) is 8.77. The molecule has 0 saturated carbocycles. The summed E-state index contributed by atoms with van der Waals surface area (Å²) in [6.07, 6.45) is 2.63. The molecule has 0 atom stereocenters. The summed E-state index contributed by atoms with van der Waals surface area (Å²) in [6.45, 7) is 5.15. The lowest BCUT2D eigenvalue weighted by molar-refractivity contribution is 0.102. The number of ether oxygens (including phenoxy) is 2. The number of nitrogens with one attached hydrogen (secondary N) is 1. The Balaban J connectivity index is 1.87. The summed E-state index contributed by atoms with van der Waals surface area (Å²) in [6, 6.07) is 14.6. The fraction of sp³-hybridized carbons (Fsp3) is 0.238. The van der Waals surface area contributed by atoms with E-state index in [1.165, 1.54) is 0 Å². The van der Waals surface area contributed by atoms with Crippen LogP contribution in [0.15, 0.2) is 54.7 Å². The Bertz CT molecular complexity index is 909. The number of hydrogen-bond donors (Lipinski definition) is 1. The summed E-state index contributed by atoms with van der Waals surface area (Å²) >= 11 is 0. The zero-order valence-corrected chi connectivity index (χ0v) is 15.0. The number of fused-ring (bicyclic) bond motifs is 1. The molecular formula is C21H22N2O3. The van der Waals surface area contributed by atoms with E-state index in [0.717, 1.165) is 17.3 Å². The van der Waals surface area contributed by atoms with E-state index in [4.69, 9.17) is 9.47 Å². The summed E-state index contributed by atoms with van der Waals surface area (Å²) in [5.74, 6) is 1.20. The largest absolute Gasteiger partial charge is 0.494 e. The third-order valence-corrected chi connectivity index (χ3v) is 3.85. The summed E-state index contributed by atoms with van der Waals surface area (Å²) in [4.78, 5) is 17.1. The highest BCUT2D eigenvalue weighted by Crippen LogP contribution is 2.30. The van der Waals surface area contributed by atoms with Gasteiger partial charge in [0.15, 0.2) is 0 Å². The molecule has 1 heterocycles. The monoisotopic (exact) mass is 350 g/mol. The van der Waals surface area contributed by atoms with Crippen LogP contribution in [0.3, 0.4) is 0 Å². The van der Waals surface area contributed by atoms with E-state index >= 15 is 0 Å². The molecule has 0 fully saturated rings. The third kappa shape index (κ3) is 3.94. The van der Waals surface area contributed by atoms with Crippen molar-refractivity contribution >= 4 is 22.5 Å². The van der Waals surface area contributed by atoms with Crippen molar-refractivity contribution in [1.82, 2.24) is 4.98 Å². The molecule has 0 bridgehead atoms. The Morgan fingerprint density at radius 1 is 1.08 bits per heavy atom. The quantitative estimate of drug-likeness (QED) is 0.672. The van der Waals surface area contributed by atoms with Crippen LogP contribution in [-0.4, -0.2) is 24.1 Å². The highest BCUT2D eigenvalue weighted by atomic mass is 16.5. The van der Waals surface area contributed by atoms with E-state index in [-0.39, 0.29) is 5.91 Å². The van der Waals surface area contributed by atoms with Gasteiger partial charge in [-0.25, -0.2) is 0 Å². The maximum absolute atomic E-state index is 12.7. The Morgan fingerprint density at radius 3 is 2.77 bits per heavy atom. The molecule has 0 aliphatic carbocycles. The minimum absolute atomic E-state index is 0.193. The van der Waals surface area contributed by atoms with Gasteiger partial charge in [-0.3, -0.25) is 9.78 Å². The topological polar surface area (TPSA) is 60.5 Å². The minimum Gasteiger partial charge on any atom is -0.494 e. The second kappa shape index (κ2) is 8.34. The number of carbonyl (C=O) groups is 1. The fourth-order valence-electron chi connectivity index (χ4n) is 2.67. The van der Waals surface area contributed by atoms with Gasteiger partial charge in [-0.1, -0.05) is 13.0 Å². The van der Waals surface area contributed by atoms with Crippen LogP contribution in [0.25, 0.3) is 10.9 Å². The van der Waals surface area contributed by atoms with Gasteiger partial charge in [0, 0.05) is 17.1 Å². The molecule has 2 aromatic carbocycles. The first-order chi connectivity index (χ1) is 12.7. The Labute approximate surface area is 153 Å². The zero-order valence-electron chi connectivity index (χ0n) is 15.0. The van der Waals surface area contributed by atoms with Crippen LogP contribution in [0.1, 0.15) is 30.6 Å². The van der Waals surface area contributed by atoms with Crippen molar-refractivity contribution in [3.63, 3.8) is 0 Å². The second-order valence-electron chi connectivity index (χ2n) is 5.77. The van der Waals surface area contributed by atoms with Crippen LogP contribution in [0.5, 0.6) is 11.5 Å². The van der Waals surface area contributed by atoms with Gasteiger partial charge in [-0.05, 0) is 55.8 Å². The van der Waals surface area contributed by atoms with E-state index < -0.39 is 0 Å². The number of hydrogen-bond acceptors (Lipinski definition) is 4. The number of pyridine rings is 1. The molecule has 0 saturated heterocycles. The molecule has 0 radical (unpaired) electrons. The lowest BCUT2D eigenvalue weighted by atomic mass is 10.1. The summed E-state index contributed by atoms with van der Waals surface area (Å²) in [5.41, 5.74) is 1.97. The van der Waals surface area contributed by atoms with Crippen LogP contribution in [-0.2, 0) is 0 Å². The molecule has 0 spiro atoms. The predicted octanol–water partition coefficient (Wildman–Crippen LogP) is 4.67. The number of benzene rings is 2. The van der Waals surface area contributed by atoms with Crippen LogP contribution < -0.4 is 14.8 Å². The van der Waals surface area contributed by atoms with Gasteiger partial charge >= 0.3 is 0 Å². The number of amides is 1. The minimum atomic E-state index is -0.193. The molecule has 5 heteroatoms. The Kier molecular flexibility index (Phi) is 5.69. The predicted molar refractivity (Wildman–Crippen MR) is 103 cm³/mol. The highest BCUT2D eigenvalue weighted by molar-refractivity contribution is 6.09. The highest BCUT2D eigenvalue weighted by Gasteiger charge is 2.12. The van der Waals surface area contributed by atoms with Gasteiger partial charge < -0.3 is 14.8 Å². The van der Waals surface area contributed by atoms with Crippen molar-refractivity contribution in [2.75, 3.05) is 18.5 Å². The van der Waals surface area contributed by atoms with Crippen molar-refractivity contribution in [3.8, 4) is 11.5 Å². The number of nitrogens with zero attached hydrogens (tertiary/aromatic N) is 1. The molecule has 0 aliphatic rings. The molecule has 3 aromatic rings. The first kappa shape index (κ1) is 17.7. The SMILES string of the molecule is CCCOc1cccc(C(=O)Nc2ccc(OCC)c3ncccc23)c1. The lowest BCUT2D eigenvalue weighted by Gasteiger charge is -2.12. The Morgan fingerprint density at radius 2 is 1.96 bits per heavy atom. The molecule has 26 heavy (non-hydrogen) atoms. The lowest BCUT2D eigenvalue weighted by Crippen LogP contribution is -2.12. The average Bonchev–Trinajstić information content (AvgIpc) is 2.68. The van der Waals surface area contributed by atoms with Gasteiger partial charge in [0.25, 0.3) is 5.91 Å². The van der Waals surface area contributed by atoms with E-state index in [2.05, 4.69) is 10.3 Å². The van der Waals surface area contributed by atoms with Crippen molar-refractivity contribution in [2.24, 2.45) is 0 Å². The number of anilines is 1. The van der Waals surface area contributed by atoms with Gasteiger partial charge in [0.05, 0.1) is 18.9 Å². The van der Waals surface area contributed by atoms with Crippen molar-refractivity contribution in [2.45, 2.75) is 20.3 Å². The molecule has 5 nitrogen and oxygen atoms in total. The Hall–Kier alpha value is -3.08. The van der Waals surface area contributed by atoms with Crippen LogP contribution >= 0.6 is 0 Å².